The van der Waals surface area contributed by atoms with Crippen molar-refractivity contribution < 1.29 is 33.3 Å². The van der Waals surface area contributed by atoms with Gasteiger partial charge < -0.3 is 34.3 Å². The lowest BCUT2D eigenvalue weighted by atomic mass is 10.4. The average molecular weight is 378 g/mol. The van der Waals surface area contributed by atoms with Crippen molar-refractivity contribution in [1.29, 1.82) is 0 Å². The summed E-state index contributed by atoms with van der Waals surface area (Å²) in [6.45, 7) is 9.05. The van der Waals surface area contributed by atoms with E-state index in [0.717, 1.165) is 0 Å². The molecule has 0 aliphatic heterocycles. The van der Waals surface area contributed by atoms with Crippen LogP contribution >= 0.6 is 0 Å². The van der Waals surface area contributed by atoms with Crippen LogP contribution in [0.3, 0.4) is 0 Å². The van der Waals surface area contributed by atoms with E-state index in [1.807, 2.05) is 13.8 Å². The number of ether oxygens (including phenoxy) is 5. The zero-order valence-electron chi connectivity index (χ0n) is 16.1. The molecule has 26 heavy (non-hydrogen) atoms. The lowest BCUT2D eigenvalue weighted by Gasteiger charge is -2.08. The highest BCUT2D eigenvalue weighted by Gasteiger charge is 1.99. The van der Waals surface area contributed by atoms with Crippen LogP contribution in [0.15, 0.2) is 0 Å². The van der Waals surface area contributed by atoms with Crippen LogP contribution in [0.4, 0.5) is 0 Å². The summed E-state index contributed by atoms with van der Waals surface area (Å²) < 4.78 is 26.3. The minimum Gasteiger partial charge on any atom is -0.377 e. The molecule has 0 atom stereocenters. The second kappa shape index (κ2) is 20.1. The zero-order chi connectivity index (χ0) is 19.3. The maximum absolute atomic E-state index is 11.2. The van der Waals surface area contributed by atoms with Crippen LogP contribution in [0.2, 0.25) is 0 Å². The molecule has 0 aliphatic carbocycles. The normalized spacial score (nSPS) is 10.7. The maximum Gasteiger partial charge on any atom is 0.246 e. The van der Waals surface area contributed by atoms with Crippen LogP contribution in [-0.4, -0.2) is 91.0 Å². The van der Waals surface area contributed by atoms with Crippen molar-refractivity contribution in [3.05, 3.63) is 0 Å². The van der Waals surface area contributed by atoms with Crippen LogP contribution in [-0.2, 0) is 33.3 Å². The lowest BCUT2D eigenvalue weighted by molar-refractivity contribution is -0.125. The first kappa shape index (κ1) is 24.7. The maximum atomic E-state index is 11.2. The van der Waals surface area contributed by atoms with Crippen molar-refractivity contribution in [2.24, 2.45) is 0 Å². The van der Waals surface area contributed by atoms with Crippen LogP contribution in [0, 0.1) is 0 Å². The van der Waals surface area contributed by atoms with Crippen LogP contribution in [0.25, 0.3) is 0 Å². The Balaban J connectivity index is 3.09. The highest BCUT2D eigenvalue weighted by Crippen LogP contribution is 1.83. The Bertz CT molecular complexity index is 343. The second-order valence-electron chi connectivity index (χ2n) is 5.14. The fraction of sp³-hybridized carbons (Fsp3) is 0.882. The van der Waals surface area contributed by atoms with Gasteiger partial charge in [0.05, 0.1) is 52.9 Å². The van der Waals surface area contributed by atoms with Gasteiger partial charge in [0.15, 0.2) is 0 Å². The van der Waals surface area contributed by atoms with Gasteiger partial charge in [-0.3, -0.25) is 9.59 Å². The molecule has 0 saturated heterocycles. The van der Waals surface area contributed by atoms with Crippen LogP contribution in [0.5, 0.6) is 0 Å². The standard InChI is InChI=1S/C17H34N2O7/c1-3-16(20)18-5-7-23-9-11-25-13-14-26-12-10-24-8-6-19-17(21)15-22-4-2/h3-15H2,1-2H3,(H,18,20)(H,19,21). The third kappa shape index (κ3) is 19.1. The number of nitrogens with one attached hydrogen (secondary N) is 2. The van der Waals surface area contributed by atoms with E-state index in [0.29, 0.717) is 79.0 Å². The summed E-state index contributed by atoms with van der Waals surface area (Å²) in [5, 5.41) is 5.41. The zero-order valence-corrected chi connectivity index (χ0v) is 16.1. The SMILES string of the molecule is CCOCC(=O)NCCOCCOCCOCCOCCNC(=O)CC. The summed E-state index contributed by atoms with van der Waals surface area (Å²) >= 11 is 0. The van der Waals surface area contributed by atoms with E-state index >= 15 is 0 Å². The number of rotatable bonds is 19. The molecule has 0 radical (unpaired) electrons. The number of hydrogen-bond donors (Lipinski definition) is 2. The summed E-state index contributed by atoms with van der Waals surface area (Å²) in [5.74, 6) is -0.115. The van der Waals surface area contributed by atoms with E-state index in [1.54, 1.807) is 0 Å². The Morgan fingerprint density at radius 1 is 0.615 bits per heavy atom. The molecule has 0 aliphatic rings. The van der Waals surface area contributed by atoms with E-state index in [4.69, 9.17) is 23.7 Å². The quantitative estimate of drug-likeness (QED) is 0.298. The van der Waals surface area contributed by atoms with E-state index in [-0.39, 0.29) is 18.4 Å². The van der Waals surface area contributed by atoms with Gasteiger partial charge in [0.2, 0.25) is 11.8 Å². The van der Waals surface area contributed by atoms with Gasteiger partial charge >= 0.3 is 0 Å². The molecule has 9 heteroatoms. The molecule has 0 heterocycles. The van der Waals surface area contributed by atoms with Gasteiger partial charge in [0.1, 0.15) is 6.61 Å². The van der Waals surface area contributed by atoms with E-state index < -0.39 is 0 Å². The Morgan fingerprint density at radius 2 is 1.04 bits per heavy atom. The molecule has 154 valence electrons. The first-order chi connectivity index (χ1) is 12.7. The molecule has 0 aromatic rings. The van der Waals surface area contributed by atoms with Crippen molar-refractivity contribution in [2.75, 3.05) is 79.2 Å². The lowest BCUT2D eigenvalue weighted by Crippen LogP contribution is -2.30. The minimum absolute atomic E-state index is 0.0253. The van der Waals surface area contributed by atoms with Crippen LogP contribution < -0.4 is 10.6 Å². The molecule has 0 fully saturated rings. The highest BCUT2D eigenvalue weighted by atomic mass is 16.6. The molecule has 0 bridgehead atoms. The molecule has 0 aromatic carbocycles. The Hall–Kier alpha value is -1.26. The molecular weight excluding hydrogens is 344 g/mol. The molecule has 0 spiro atoms. The van der Waals surface area contributed by atoms with Gasteiger partial charge in [-0.05, 0) is 6.92 Å². The number of carbonyl (C=O) groups is 2. The van der Waals surface area contributed by atoms with E-state index in [1.165, 1.54) is 0 Å². The molecule has 0 aromatic heterocycles. The van der Waals surface area contributed by atoms with Crippen molar-refractivity contribution in [1.82, 2.24) is 10.6 Å². The Morgan fingerprint density at radius 3 is 1.46 bits per heavy atom. The molecule has 2 N–H and O–H groups in total. The number of hydrogen-bond acceptors (Lipinski definition) is 7. The van der Waals surface area contributed by atoms with E-state index in [2.05, 4.69) is 10.6 Å². The summed E-state index contributed by atoms with van der Waals surface area (Å²) in [6.07, 6.45) is 0.485. The second-order valence-corrected chi connectivity index (χ2v) is 5.14. The van der Waals surface area contributed by atoms with Gasteiger partial charge in [-0.2, -0.15) is 0 Å². The predicted molar refractivity (Wildman–Crippen MR) is 96.1 cm³/mol. The third-order valence-electron chi connectivity index (χ3n) is 3.01. The minimum atomic E-state index is -0.140. The number of carbonyl (C=O) groups excluding carboxylic acids is 2. The summed E-state index contributed by atoms with van der Waals surface area (Å²) in [5.41, 5.74) is 0. The average Bonchev–Trinajstić information content (AvgIpc) is 2.65. The highest BCUT2D eigenvalue weighted by molar-refractivity contribution is 5.77. The Kier molecular flexibility index (Phi) is 19.1. The summed E-state index contributed by atoms with van der Waals surface area (Å²) in [6, 6.07) is 0. The summed E-state index contributed by atoms with van der Waals surface area (Å²) in [7, 11) is 0. The molecular formula is C17H34N2O7. The van der Waals surface area contributed by atoms with Crippen molar-refractivity contribution in [2.45, 2.75) is 20.3 Å². The topological polar surface area (TPSA) is 104 Å². The van der Waals surface area contributed by atoms with Gasteiger partial charge in [-0.1, -0.05) is 6.92 Å². The smallest absolute Gasteiger partial charge is 0.246 e. The van der Waals surface area contributed by atoms with Gasteiger partial charge in [0, 0.05) is 26.1 Å². The molecule has 0 rings (SSSR count). The van der Waals surface area contributed by atoms with Gasteiger partial charge in [-0.25, -0.2) is 0 Å². The predicted octanol–water partition coefficient (Wildman–Crippen LogP) is -0.268. The molecule has 0 saturated carbocycles. The number of amides is 2. The van der Waals surface area contributed by atoms with Crippen molar-refractivity contribution in [3.63, 3.8) is 0 Å². The van der Waals surface area contributed by atoms with Gasteiger partial charge in [0.25, 0.3) is 0 Å². The van der Waals surface area contributed by atoms with Crippen molar-refractivity contribution >= 4 is 11.8 Å². The molecule has 2 amide bonds. The summed E-state index contributed by atoms with van der Waals surface area (Å²) in [4.78, 5) is 22.2. The monoisotopic (exact) mass is 378 g/mol. The largest absolute Gasteiger partial charge is 0.377 e. The molecule has 0 unspecified atom stereocenters. The fourth-order valence-corrected chi connectivity index (χ4v) is 1.66. The van der Waals surface area contributed by atoms with Crippen molar-refractivity contribution in [3.8, 4) is 0 Å². The molecule has 9 nitrogen and oxygen atoms in total. The first-order valence-corrected chi connectivity index (χ1v) is 9.12. The van der Waals surface area contributed by atoms with Crippen LogP contribution in [0.1, 0.15) is 20.3 Å². The third-order valence-corrected chi connectivity index (χ3v) is 3.01. The first-order valence-electron chi connectivity index (χ1n) is 9.12. The van der Waals surface area contributed by atoms with Gasteiger partial charge in [-0.15, -0.1) is 0 Å². The Labute approximate surface area is 156 Å². The fourth-order valence-electron chi connectivity index (χ4n) is 1.66. The van der Waals surface area contributed by atoms with E-state index in [9.17, 15) is 9.59 Å².